The van der Waals surface area contributed by atoms with Gasteiger partial charge in [-0.3, -0.25) is 14.3 Å². The van der Waals surface area contributed by atoms with Gasteiger partial charge in [0, 0.05) is 22.7 Å². The van der Waals surface area contributed by atoms with Crippen LogP contribution in [0.15, 0.2) is 36.5 Å². The van der Waals surface area contributed by atoms with Gasteiger partial charge in [0.1, 0.15) is 34.1 Å². The van der Waals surface area contributed by atoms with E-state index in [1.165, 1.54) is 19.2 Å². The summed E-state index contributed by atoms with van der Waals surface area (Å²) in [5.41, 5.74) is 5.08. The van der Waals surface area contributed by atoms with Gasteiger partial charge in [0.2, 0.25) is 5.91 Å². The Kier molecular flexibility index (Phi) is 8.36. The fraction of sp³-hybridized carbons (Fsp3) is 0.375. The Morgan fingerprint density at radius 3 is 2.60 bits per heavy atom. The Morgan fingerprint density at radius 1 is 1.20 bits per heavy atom. The number of fused-ring (bicyclic) bond motifs is 1. The number of nitrogens with zero attached hydrogens (tertiary/aromatic N) is 3. The number of hydrogen-bond donors (Lipinski definition) is 3. The van der Waals surface area contributed by atoms with E-state index < -0.39 is 23.2 Å². The molecule has 2 aliphatic carbocycles. The minimum Gasteiger partial charge on any atom is -0.494 e. The second-order valence-electron chi connectivity index (χ2n) is 11.5. The lowest BCUT2D eigenvalue weighted by atomic mass is 9.90. The maximum absolute atomic E-state index is 15.3. The Balaban J connectivity index is 1.39. The molecule has 0 saturated heterocycles. The standard InChI is InChI=1S/C32H32Cl2FN5O5/c1-3-45-30-16(13-25(36)41)12-24(38-29(30)26-22(35)9-8-21(33)27(26)34)32(43,19-4-5-19)15-37-31(42)17-10-18-14-40(20-6-7-20)39-28(18)23(11-17)44-2/h8-12,14,19-20,43H,3-7,13,15H2,1-2H3,(H2,36,41)(H,37,42)/t32-/m1/s1. The van der Waals surface area contributed by atoms with Gasteiger partial charge in [-0.25, -0.2) is 9.37 Å². The molecule has 45 heavy (non-hydrogen) atoms. The van der Waals surface area contributed by atoms with Gasteiger partial charge < -0.3 is 25.6 Å². The molecule has 0 aliphatic heterocycles. The van der Waals surface area contributed by atoms with Crippen LogP contribution < -0.4 is 20.5 Å². The van der Waals surface area contributed by atoms with Gasteiger partial charge in [0.05, 0.1) is 54.0 Å². The number of halogens is 3. The van der Waals surface area contributed by atoms with Gasteiger partial charge in [0.15, 0.2) is 0 Å². The first-order valence-electron chi connectivity index (χ1n) is 14.7. The van der Waals surface area contributed by atoms with Gasteiger partial charge in [0.25, 0.3) is 5.91 Å². The SMILES string of the molecule is CCOc1c(CC(N)=O)cc([C@@](O)(CNC(=O)c2cc(OC)c3nn(C4CC4)cc3c2)C2CC2)nc1-c1c(F)ccc(Cl)c1Cl. The van der Waals surface area contributed by atoms with E-state index in [9.17, 15) is 14.7 Å². The summed E-state index contributed by atoms with van der Waals surface area (Å²) in [6, 6.07) is 7.68. The Bertz CT molecular complexity index is 1820. The van der Waals surface area contributed by atoms with Crippen LogP contribution in [0.25, 0.3) is 22.2 Å². The molecule has 4 N–H and O–H groups in total. The van der Waals surface area contributed by atoms with E-state index in [-0.39, 0.29) is 63.8 Å². The molecular weight excluding hydrogens is 624 g/mol. The molecule has 0 bridgehead atoms. The number of ether oxygens (including phenoxy) is 2. The summed E-state index contributed by atoms with van der Waals surface area (Å²) in [4.78, 5) is 30.3. The highest BCUT2D eigenvalue weighted by atomic mass is 35.5. The van der Waals surface area contributed by atoms with Crippen LogP contribution in [0, 0.1) is 11.7 Å². The van der Waals surface area contributed by atoms with Crippen molar-refractivity contribution in [1.29, 1.82) is 0 Å². The average Bonchev–Trinajstić information content (AvgIpc) is 3.95. The second-order valence-corrected chi connectivity index (χ2v) is 12.3. The monoisotopic (exact) mass is 655 g/mol. The fourth-order valence-corrected chi connectivity index (χ4v) is 6.00. The minimum atomic E-state index is -1.69. The second kappa shape index (κ2) is 12.1. The van der Waals surface area contributed by atoms with E-state index >= 15 is 4.39 Å². The number of carbonyl (C=O) groups is 2. The molecule has 10 nitrogen and oxygen atoms in total. The lowest BCUT2D eigenvalue weighted by Crippen LogP contribution is -2.43. The number of rotatable bonds is 12. The van der Waals surface area contributed by atoms with Crippen LogP contribution in [0.4, 0.5) is 4.39 Å². The summed E-state index contributed by atoms with van der Waals surface area (Å²) in [6.07, 6.45) is 5.06. The first-order chi connectivity index (χ1) is 21.5. The van der Waals surface area contributed by atoms with Crippen molar-refractivity contribution in [2.45, 2.75) is 50.7 Å². The Morgan fingerprint density at radius 2 is 1.96 bits per heavy atom. The van der Waals surface area contributed by atoms with E-state index in [2.05, 4.69) is 15.4 Å². The largest absolute Gasteiger partial charge is 0.494 e. The first kappa shape index (κ1) is 31.1. The maximum Gasteiger partial charge on any atom is 0.251 e. The van der Waals surface area contributed by atoms with Crippen molar-refractivity contribution < 1.29 is 28.6 Å². The molecule has 2 amide bonds. The number of aromatic nitrogens is 3. The van der Waals surface area contributed by atoms with Crippen molar-refractivity contribution >= 4 is 45.9 Å². The van der Waals surface area contributed by atoms with E-state index in [0.717, 1.165) is 24.3 Å². The molecule has 0 radical (unpaired) electrons. The molecule has 2 heterocycles. The number of methoxy groups -OCH3 is 1. The van der Waals surface area contributed by atoms with Gasteiger partial charge >= 0.3 is 0 Å². The highest BCUT2D eigenvalue weighted by molar-refractivity contribution is 6.43. The molecule has 2 aromatic carbocycles. The van der Waals surface area contributed by atoms with Crippen LogP contribution in [0.2, 0.25) is 10.0 Å². The molecule has 2 fully saturated rings. The topological polar surface area (TPSA) is 142 Å². The van der Waals surface area contributed by atoms with Crippen LogP contribution in [-0.2, 0) is 16.8 Å². The number of benzene rings is 2. The number of amides is 2. The van der Waals surface area contributed by atoms with Crippen molar-refractivity contribution in [3.8, 4) is 22.8 Å². The van der Waals surface area contributed by atoms with Crippen LogP contribution in [0.5, 0.6) is 11.5 Å². The normalized spacial score (nSPS) is 16.0. The molecule has 2 saturated carbocycles. The zero-order valence-electron chi connectivity index (χ0n) is 24.7. The van der Waals surface area contributed by atoms with Crippen LogP contribution in [0.1, 0.15) is 60.3 Å². The van der Waals surface area contributed by atoms with Gasteiger partial charge in [-0.1, -0.05) is 23.2 Å². The molecule has 236 valence electrons. The van der Waals surface area contributed by atoms with Crippen LogP contribution in [0.3, 0.4) is 0 Å². The van der Waals surface area contributed by atoms with E-state index in [1.807, 2.05) is 10.9 Å². The summed E-state index contributed by atoms with van der Waals surface area (Å²) in [7, 11) is 1.52. The minimum absolute atomic E-state index is 0.0381. The summed E-state index contributed by atoms with van der Waals surface area (Å²) < 4.78 is 28.6. The Labute approximate surface area is 268 Å². The first-order valence-corrected chi connectivity index (χ1v) is 15.5. The predicted molar refractivity (Wildman–Crippen MR) is 167 cm³/mol. The quantitative estimate of drug-likeness (QED) is 0.175. The summed E-state index contributed by atoms with van der Waals surface area (Å²) in [6.45, 7) is 1.66. The molecule has 6 rings (SSSR count). The molecule has 13 heteroatoms. The van der Waals surface area contributed by atoms with Crippen LogP contribution in [-0.4, -0.2) is 51.9 Å². The lowest BCUT2D eigenvalue weighted by molar-refractivity contribution is -0.117. The smallest absolute Gasteiger partial charge is 0.251 e. The fourth-order valence-electron chi connectivity index (χ4n) is 5.60. The third-order valence-electron chi connectivity index (χ3n) is 8.19. The van der Waals surface area contributed by atoms with Crippen molar-refractivity contribution in [3.05, 3.63) is 69.2 Å². The van der Waals surface area contributed by atoms with Crippen molar-refractivity contribution in [2.75, 3.05) is 20.3 Å². The third-order valence-corrected chi connectivity index (χ3v) is 9.00. The van der Waals surface area contributed by atoms with Crippen LogP contribution >= 0.6 is 23.2 Å². The molecule has 4 aromatic rings. The van der Waals surface area contributed by atoms with E-state index in [1.54, 1.807) is 19.1 Å². The number of pyridine rings is 1. The van der Waals surface area contributed by atoms with Gasteiger partial charge in [-0.15, -0.1) is 0 Å². The van der Waals surface area contributed by atoms with Crippen molar-refractivity contribution in [1.82, 2.24) is 20.1 Å². The van der Waals surface area contributed by atoms with E-state index in [0.29, 0.717) is 35.7 Å². The number of hydrogen-bond acceptors (Lipinski definition) is 7. The summed E-state index contributed by atoms with van der Waals surface area (Å²) in [5, 5.41) is 20.4. The molecule has 1 atom stereocenters. The third kappa shape index (κ3) is 6.04. The number of primary amides is 1. The van der Waals surface area contributed by atoms with Crippen molar-refractivity contribution in [3.63, 3.8) is 0 Å². The molecule has 0 spiro atoms. The molecular formula is C32H32Cl2FN5O5. The van der Waals surface area contributed by atoms with Crippen molar-refractivity contribution in [2.24, 2.45) is 11.7 Å². The molecule has 0 unspecified atom stereocenters. The highest BCUT2D eigenvalue weighted by Crippen LogP contribution is 2.48. The van der Waals surface area contributed by atoms with Gasteiger partial charge in [-0.2, -0.15) is 5.10 Å². The molecule has 2 aliphatic rings. The number of nitrogens with one attached hydrogen (secondary N) is 1. The van der Waals surface area contributed by atoms with E-state index in [4.69, 9.17) is 38.4 Å². The highest BCUT2D eigenvalue weighted by Gasteiger charge is 2.47. The maximum atomic E-state index is 15.3. The summed E-state index contributed by atoms with van der Waals surface area (Å²) in [5.74, 6) is -1.56. The summed E-state index contributed by atoms with van der Waals surface area (Å²) >= 11 is 12.7. The lowest BCUT2D eigenvalue weighted by Gasteiger charge is -2.30. The Hall–Kier alpha value is -3.93. The zero-order valence-corrected chi connectivity index (χ0v) is 26.2. The number of nitrogens with two attached hydrogens (primary N) is 1. The number of aliphatic hydroxyl groups is 1. The zero-order chi connectivity index (χ0) is 32.0. The molecule has 2 aromatic heterocycles. The average molecular weight is 657 g/mol. The van der Waals surface area contributed by atoms with Gasteiger partial charge in [-0.05, 0) is 68.9 Å². The predicted octanol–water partition coefficient (Wildman–Crippen LogP) is 5.34. The number of carbonyl (C=O) groups excluding carboxylic acids is 2.